The molecule has 2 rings (SSSR count). The fraction of sp³-hybridized carbons (Fsp3) is 0.429. The average Bonchev–Trinajstić information content (AvgIpc) is 2.54. The Balaban J connectivity index is 2.50. The molecule has 0 radical (unpaired) electrons. The van der Waals surface area contributed by atoms with Crippen molar-refractivity contribution in [3.63, 3.8) is 0 Å². The predicted octanol–water partition coefficient (Wildman–Crippen LogP) is 4.10. The van der Waals surface area contributed by atoms with Crippen molar-refractivity contribution in [1.82, 2.24) is 0 Å². The second-order valence-electron chi connectivity index (χ2n) is 5.44. The minimum Gasteiger partial charge on any atom is -0.485 e. The first-order chi connectivity index (χ1) is 7.78. The van der Waals surface area contributed by atoms with E-state index in [0.29, 0.717) is 17.5 Å². The SMILES string of the molecule is CC1=Cc2c(F)c(OC(C)(C)C)cc(F)c2C1. The highest BCUT2D eigenvalue weighted by Gasteiger charge is 2.24. The molecule has 0 unspecified atom stereocenters. The van der Waals surface area contributed by atoms with Gasteiger partial charge in [-0.2, -0.15) is 0 Å². The zero-order valence-corrected chi connectivity index (χ0v) is 10.5. The maximum absolute atomic E-state index is 14.1. The quantitative estimate of drug-likeness (QED) is 0.715. The van der Waals surface area contributed by atoms with Gasteiger partial charge in [0.15, 0.2) is 11.6 Å². The van der Waals surface area contributed by atoms with Crippen LogP contribution in [-0.4, -0.2) is 5.60 Å². The van der Waals surface area contributed by atoms with Gasteiger partial charge < -0.3 is 4.74 Å². The van der Waals surface area contributed by atoms with Crippen LogP contribution in [0, 0.1) is 11.6 Å². The van der Waals surface area contributed by atoms with Gasteiger partial charge in [0.25, 0.3) is 0 Å². The number of ether oxygens (including phenoxy) is 1. The summed E-state index contributed by atoms with van der Waals surface area (Å²) in [5.41, 5.74) is 1.19. The minimum atomic E-state index is -0.543. The van der Waals surface area contributed by atoms with Crippen molar-refractivity contribution in [2.75, 3.05) is 0 Å². The van der Waals surface area contributed by atoms with E-state index in [9.17, 15) is 8.78 Å². The van der Waals surface area contributed by atoms with E-state index in [4.69, 9.17) is 4.74 Å². The molecule has 0 saturated heterocycles. The molecule has 92 valence electrons. The molecule has 0 aromatic heterocycles. The van der Waals surface area contributed by atoms with Gasteiger partial charge in [-0.1, -0.05) is 11.6 Å². The topological polar surface area (TPSA) is 9.23 Å². The zero-order valence-electron chi connectivity index (χ0n) is 10.5. The summed E-state index contributed by atoms with van der Waals surface area (Å²) in [5, 5.41) is 0. The van der Waals surface area contributed by atoms with Crippen LogP contribution in [0.4, 0.5) is 8.78 Å². The Bertz CT molecular complexity index is 496. The molecule has 0 fully saturated rings. The van der Waals surface area contributed by atoms with Gasteiger partial charge in [0.05, 0.1) is 0 Å². The number of rotatable bonds is 1. The number of hydrogen-bond donors (Lipinski definition) is 0. The van der Waals surface area contributed by atoms with E-state index in [-0.39, 0.29) is 5.75 Å². The lowest BCUT2D eigenvalue weighted by Gasteiger charge is -2.22. The van der Waals surface area contributed by atoms with E-state index in [2.05, 4.69) is 0 Å². The molecule has 17 heavy (non-hydrogen) atoms. The lowest BCUT2D eigenvalue weighted by molar-refractivity contribution is 0.123. The van der Waals surface area contributed by atoms with Gasteiger partial charge in [-0.15, -0.1) is 0 Å². The number of benzene rings is 1. The highest BCUT2D eigenvalue weighted by atomic mass is 19.1. The highest BCUT2D eigenvalue weighted by molar-refractivity contribution is 5.66. The van der Waals surface area contributed by atoms with Crippen LogP contribution in [-0.2, 0) is 6.42 Å². The van der Waals surface area contributed by atoms with Crippen LogP contribution in [0.25, 0.3) is 6.08 Å². The van der Waals surface area contributed by atoms with Crippen LogP contribution < -0.4 is 4.74 Å². The molecule has 0 heterocycles. The van der Waals surface area contributed by atoms with Crippen LogP contribution >= 0.6 is 0 Å². The number of fused-ring (bicyclic) bond motifs is 1. The minimum absolute atomic E-state index is 0.0142. The van der Waals surface area contributed by atoms with Gasteiger partial charge in [-0.25, -0.2) is 8.78 Å². The van der Waals surface area contributed by atoms with Gasteiger partial charge in [0.2, 0.25) is 0 Å². The van der Waals surface area contributed by atoms with Crippen molar-refractivity contribution in [1.29, 1.82) is 0 Å². The second kappa shape index (κ2) is 3.83. The predicted molar refractivity (Wildman–Crippen MR) is 64.1 cm³/mol. The van der Waals surface area contributed by atoms with E-state index < -0.39 is 17.2 Å². The summed E-state index contributed by atoms with van der Waals surface area (Å²) in [6.45, 7) is 7.28. The van der Waals surface area contributed by atoms with Crippen LogP contribution in [0.1, 0.15) is 38.8 Å². The van der Waals surface area contributed by atoms with Gasteiger partial charge in [-0.05, 0) is 34.1 Å². The van der Waals surface area contributed by atoms with Gasteiger partial charge in [0, 0.05) is 17.2 Å². The van der Waals surface area contributed by atoms with Crippen LogP contribution in [0.15, 0.2) is 11.6 Å². The third-order valence-corrected chi connectivity index (χ3v) is 2.59. The summed E-state index contributed by atoms with van der Waals surface area (Å²) < 4.78 is 33.4. The smallest absolute Gasteiger partial charge is 0.172 e. The summed E-state index contributed by atoms with van der Waals surface area (Å²) in [6.07, 6.45) is 2.16. The summed E-state index contributed by atoms with van der Waals surface area (Å²) >= 11 is 0. The van der Waals surface area contributed by atoms with Gasteiger partial charge >= 0.3 is 0 Å². The van der Waals surface area contributed by atoms with Gasteiger partial charge in [0.1, 0.15) is 11.4 Å². The Morgan fingerprint density at radius 1 is 1.24 bits per heavy atom. The molecule has 0 aliphatic heterocycles. The van der Waals surface area contributed by atoms with Crippen molar-refractivity contribution < 1.29 is 13.5 Å². The summed E-state index contributed by atoms with van der Waals surface area (Å²) in [4.78, 5) is 0. The van der Waals surface area contributed by atoms with Crippen molar-refractivity contribution in [3.05, 3.63) is 34.4 Å². The number of allylic oxidation sites excluding steroid dienone is 1. The Kier molecular flexibility index (Phi) is 2.72. The molecule has 0 spiro atoms. The number of hydrogen-bond acceptors (Lipinski definition) is 1. The molecule has 1 aliphatic rings. The average molecular weight is 238 g/mol. The Morgan fingerprint density at radius 3 is 2.47 bits per heavy atom. The fourth-order valence-electron chi connectivity index (χ4n) is 1.97. The van der Waals surface area contributed by atoms with E-state index in [1.165, 1.54) is 0 Å². The number of halogens is 2. The van der Waals surface area contributed by atoms with E-state index in [1.54, 1.807) is 26.8 Å². The van der Waals surface area contributed by atoms with Gasteiger partial charge in [-0.3, -0.25) is 0 Å². The van der Waals surface area contributed by atoms with E-state index >= 15 is 0 Å². The monoisotopic (exact) mass is 238 g/mol. The van der Waals surface area contributed by atoms with E-state index in [1.807, 2.05) is 6.92 Å². The maximum atomic E-state index is 14.1. The Morgan fingerprint density at radius 2 is 1.88 bits per heavy atom. The summed E-state index contributed by atoms with van der Waals surface area (Å²) in [5.74, 6) is -0.873. The van der Waals surface area contributed by atoms with Crippen molar-refractivity contribution in [2.45, 2.75) is 39.7 Å². The molecule has 1 aromatic rings. The molecule has 0 amide bonds. The highest BCUT2D eigenvalue weighted by Crippen LogP contribution is 2.35. The largest absolute Gasteiger partial charge is 0.485 e. The zero-order chi connectivity index (χ0) is 12.8. The Hall–Kier alpha value is -1.38. The first-order valence-corrected chi connectivity index (χ1v) is 5.65. The summed E-state index contributed by atoms with van der Waals surface area (Å²) in [7, 11) is 0. The van der Waals surface area contributed by atoms with E-state index in [0.717, 1.165) is 11.6 Å². The lowest BCUT2D eigenvalue weighted by Crippen LogP contribution is -2.24. The van der Waals surface area contributed by atoms with Crippen LogP contribution in [0.5, 0.6) is 5.75 Å². The lowest BCUT2D eigenvalue weighted by atomic mass is 10.1. The molecule has 1 nitrogen and oxygen atoms in total. The standard InChI is InChI=1S/C14H16F2O/c1-8-5-9-10(6-8)13(16)12(7-11(9)15)17-14(2,3)4/h6-7H,5H2,1-4H3. The first-order valence-electron chi connectivity index (χ1n) is 5.65. The normalized spacial score (nSPS) is 14.6. The van der Waals surface area contributed by atoms with Crippen molar-refractivity contribution >= 4 is 6.08 Å². The second-order valence-corrected chi connectivity index (χ2v) is 5.44. The summed E-state index contributed by atoms with van der Waals surface area (Å²) in [6, 6.07) is 1.14. The maximum Gasteiger partial charge on any atom is 0.172 e. The van der Waals surface area contributed by atoms with Crippen molar-refractivity contribution in [2.24, 2.45) is 0 Å². The van der Waals surface area contributed by atoms with Crippen LogP contribution in [0.3, 0.4) is 0 Å². The molecule has 0 atom stereocenters. The third-order valence-electron chi connectivity index (χ3n) is 2.59. The third kappa shape index (κ3) is 2.33. The van der Waals surface area contributed by atoms with Crippen molar-refractivity contribution in [3.8, 4) is 5.75 Å². The first kappa shape index (κ1) is 12.1. The molecule has 3 heteroatoms. The molecule has 0 N–H and O–H groups in total. The molecule has 1 aliphatic carbocycles. The molecule has 1 aromatic carbocycles. The Labute approximate surface area is 100 Å². The molecule has 0 saturated carbocycles. The molecule has 0 bridgehead atoms. The van der Waals surface area contributed by atoms with Crippen LogP contribution in [0.2, 0.25) is 0 Å². The molecular weight excluding hydrogens is 222 g/mol. The molecular formula is C14H16F2O. The fourth-order valence-corrected chi connectivity index (χ4v) is 1.97.